The standard InChI is InChI=1S/C17H32N4/c1-4-19-17(14-18)9-5-7-16(17)8-12-21-11-6-10-20(3)13-15(21)2/h15-16,19H,4-13H2,1-3H3. The lowest BCUT2D eigenvalue weighted by molar-refractivity contribution is 0.177. The molecule has 0 amide bonds. The van der Waals surface area contributed by atoms with Gasteiger partial charge in [0.2, 0.25) is 0 Å². The summed E-state index contributed by atoms with van der Waals surface area (Å²) >= 11 is 0. The highest BCUT2D eigenvalue weighted by Crippen LogP contribution is 2.37. The third-order valence-corrected chi connectivity index (χ3v) is 5.46. The normalized spacial score (nSPS) is 35.5. The van der Waals surface area contributed by atoms with E-state index in [0.29, 0.717) is 12.0 Å². The van der Waals surface area contributed by atoms with Crippen molar-refractivity contribution >= 4 is 0 Å². The molecule has 120 valence electrons. The van der Waals surface area contributed by atoms with Gasteiger partial charge in [0.1, 0.15) is 5.54 Å². The number of hydrogen-bond donors (Lipinski definition) is 1. The van der Waals surface area contributed by atoms with Crippen LogP contribution in [0.1, 0.15) is 46.0 Å². The fraction of sp³-hybridized carbons (Fsp3) is 0.941. The van der Waals surface area contributed by atoms with Gasteiger partial charge in [-0.2, -0.15) is 5.26 Å². The molecular weight excluding hydrogens is 260 g/mol. The minimum Gasteiger partial charge on any atom is -0.305 e. The van der Waals surface area contributed by atoms with Crippen LogP contribution in [0.3, 0.4) is 0 Å². The Morgan fingerprint density at radius 1 is 1.33 bits per heavy atom. The minimum atomic E-state index is -0.249. The van der Waals surface area contributed by atoms with Gasteiger partial charge in [0.25, 0.3) is 0 Å². The van der Waals surface area contributed by atoms with Gasteiger partial charge in [-0.3, -0.25) is 10.2 Å². The molecule has 1 saturated heterocycles. The van der Waals surface area contributed by atoms with Crippen molar-refractivity contribution < 1.29 is 0 Å². The molecule has 2 rings (SSSR count). The van der Waals surface area contributed by atoms with E-state index in [0.717, 1.165) is 25.9 Å². The van der Waals surface area contributed by atoms with Crippen molar-refractivity contribution in [2.24, 2.45) is 5.92 Å². The first-order chi connectivity index (χ1) is 10.1. The molecule has 3 unspecified atom stereocenters. The van der Waals surface area contributed by atoms with Gasteiger partial charge in [-0.25, -0.2) is 0 Å². The molecule has 2 aliphatic rings. The number of rotatable bonds is 5. The summed E-state index contributed by atoms with van der Waals surface area (Å²) in [7, 11) is 2.23. The maximum Gasteiger partial charge on any atom is 0.109 e. The zero-order chi connectivity index (χ0) is 15.3. The first-order valence-electron chi connectivity index (χ1n) is 8.70. The molecule has 0 aromatic rings. The molecule has 1 saturated carbocycles. The van der Waals surface area contributed by atoms with Crippen molar-refractivity contribution in [2.45, 2.75) is 57.5 Å². The van der Waals surface area contributed by atoms with Crippen LogP contribution < -0.4 is 5.32 Å². The number of nitrogens with zero attached hydrogens (tertiary/aromatic N) is 3. The molecule has 0 aromatic heterocycles. The predicted molar refractivity (Wildman–Crippen MR) is 87.1 cm³/mol. The maximum absolute atomic E-state index is 9.65. The number of nitriles is 1. The zero-order valence-corrected chi connectivity index (χ0v) is 14.1. The molecule has 4 nitrogen and oxygen atoms in total. The lowest BCUT2D eigenvalue weighted by Crippen LogP contribution is -2.48. The predicted octanol–water partition coefficient (Wildman–Crippen LogP) is 2.07. The fourth-order valence-corrected chi connectivity index (χ4v) is 4.28. The lowest BCUT2D eigenvalue weighted by atomic mass is 9.85. The van der Waals surface area contributed by atoms with E-state index in [1.54, 1.807) is 0 Å². The summed E-state index contributed by atoms with van der Waals surface area (Å²) < 4.78 is 0. The van der Waals surface area contributed by atoms with Crippen molar-refractivity contribution in [3.05, 3.63) is 0 Å². The van der Waals surface area contributed by atoms with Crippen LogP contribution in [0.5, 0.6) is 0 Å². The Hall–Kier alpha value is -0.630. The quantitative estimate of drug-likeness (QED) is 0.842. The number of likely N-dealkylation sites (N-methyl/N-ethyl adjacent to an activating group) is 1. The van der Waals surface area contributed by atoms with Crippen LogP contribution in [0.25, 0.3) is 0 Å². The zero-order valence-electron chi connectivity index (χ0n) is 14.1. The molecule has 3 atom stereocenters. The Morgan fingerprint density at radius 3 is 2.86 bits per heavy atom. The molecule has 1 N–H and O–H groups in total. The van der Waals surface area contributed by atoms with E-state index >= 15 is 0 Å². The second-order valence-corrected chi connectivity index (χ2v) is 6.99. The smallest absolute Gasteiger partial charge is 0.109 e. The van der Waals surface area contributed by atoms with Gasteiger partial charge >= 0.3 is 0 Å². The first-order valence-corrected chi connectivity index (χ1v) is 8.70. The summed E-state index contributed by atoms with van der Waals surface area (Å²) in [4.78, 5) is 5.08. The molecule has 0 radical (unpaired) electrons. The second-order valence-electron chi connectivity index (χ2n) is 6.99. The van der Waals surface area contributed by atoms with E-state index in [4.69, 9.17) is 0 Å². The molecule has 1 aliphatic carbocycles. The second kappa shape index (κ2) is 7.58. The van der Waals surface area contributed by atoms with E-state index in [1.165, 1.54) is 38.9 Å². The van der Waals surface area contributed by atoms with Crippen molar-refractivity contribution in [3.8, 4) is 6.07 Å². The van der Waals surface area contributed by atoms with E-state index in [1.807, 2.05) is 0 Å². The van der Waals surface area contributed by atoms with Gasteiger partial charge < -0.3 is 4.90 Å². The first kappa shape index (κ1) is 16.7. The van der Waals surface area contributed by atoms with Crippen LogP contribution in [0.2, 0.25) is 0 Å². The monoisotopic (exact) mass is 292 g/mol. The molecule has 21 heavy (non-hydrogen) atoms. The average Bonchev–Trinajstić information content (AvgIpc) is 2.78. The summed E-state index contributed by atoms with van der Waals surface area (Å²) in [6.45, 7) is 10.1. The minimum absolute atomic E-state index is 0.249. The SMILES string of the molecule is CCNC1(C#N)CCCC1CCN1CCCN(C)CC1C. The molecular formula is C17H32N4. The number of hydrogen-bond acceptors (Lipinski definition) is 4. The van der Waals surface area contributed by atoms with Crippen molar-refractivity contribution in [3.63, 3.8) is 0 Å². The Morgan fingerprint density at radius 2 is 2.14 bits per heavy atom. The molecule has 0 aromatic carbocycles. The lowest BCUT2D eigenvalue weighted by Gasteiger charge is -2.33. The summed E-state index contributed by atoms with van der Waals surface area (Å²) in [6.07, 6.45) is 5.86. The van der Waals surface area contributed by atoms with Gasteiger partial charge in [0, 0.05) is 12.6 Å². The topological polar surface area (TPSA) is 42.3 Å². The average molecular weight is 292 g/mol. The largest absolute Gasteiger partial charge is 0.305 e. The molecule has 0 spiro atoms. The molecule has 4 heteroatoms. The van der Waals surface area contributed by atoms with Crippen LogP contribution in [0.4, 0.5) is 0 Å². The van der Waals surface area contributed by atoms with Crippen LogP contribution in [0, 0.1) is 17.2 Å². The van der Waals surface area contributed by atoms with Gasteiger partial charge in [0.05, 0.1) is 6.07 Å². The Bertz CT molecular complexity index is 364. The molecule has 1 aliphatic heterocycles. The molecule has 2 fully saturated rings. The third-order valence-electron chi connectivity index (χ3n) is 5.46. The summed E-state index contributed by atoms with van der Waals surface area (Å²) in [5, 5.41) is 13.1. The molecule has 1 heterocycles. The third kappa shape index (κ3) is 3.97. The van der Waals surface area contributed by atoms with Gasteiger partial charge in [-0.15, -0.1) is 0 Å². The number of nitrogens with one attached hydrogen (secondary N) is 1. The van der Waals surface area contributed by atoms with E-state index in [-0.39, 0.29) is 5.54 Å². The van der Waals surface area contributed by atoms with Crippen molar-refractivity contribution in [2.75, 3.05) is 39.8 Å². The highest BCUT2D eigenvalue weighted by atomic mass is 15.2. The van der Waals surface area contributed by atoms with Crippen LogP contribution >= 0.6 is 0 Å². The highest BCUT2D eigenvalue weighted by molar-refractivity contribution is 5.14. The summed E-state index contributed by atoms with van der Waals surface area (Å²) in [6, 6.07) is 3.24. The fourth-order valence-electron chi connectivity index (χ4n) is 4.28. The van der Waals surface area contributed by atoms with E-state index in [9.17, 15) is 5.26 Å². The van der Waals surface area contributed by atoms with E-state index < -0.39 is 0 Å². The van der Waals surface area contributed by atoms with Crippen LogP contribution in [-0.2, 0) is 0 Å². The Kier molecular flexibility index (Phi) is 6.04. The summed E-state index contributed by atoms with van der Waals surface area (Å²) in [5.74, 6) is 0.524. The van der Waals surface area contributed by atoms with Gasteiger partial charge in [-0.05, 0) is 71.8 Å². The maximum atomic E-state index is 9.65. The van der Waals surface area contributed by atoms with Gasteiger partial charge in [-0.1, -0.05) is 13.3 Å². The van der Waals surface area contributed by atoms with Crippen molar-refractivity contribution in [1.29, 1.82) is 5.26 Å². The van der Waals surface area contributed by atoms with Crippen molar-refractivity contribution in [1.82, 2.24) is 15.1 Å². The van der Waals surface area contributed by atoms with Gasteiger partial charge in [0.15, 0.2) is 0 Å². The Labute approximate surface area is 130 Å². The highest BCUT2D eigenvalue weighted by Gasteiger charge is 2.42. The van der Waals surface area contributed by atoms with E-state index in [2.05, 4.69) is 42.1 Å². The van der Waals surface area contributed by atoms with Crippen LogP contribution in [-0.4, -0.2) is 61.2 Å². The Balaban J connectivity index is 1.91. The summed E-state index contributed by atoms with van der Waals surface area (Å²) in [5.41, 5.74) is -0.249. The molecule has 0 bridgehead atoms. The van der Waals surface area contributed by atoms with Crippen LogP contribution in [0.15, 0.2) is 0 Å².